The molecule has 170 valence electrons. The second-order valence-corrected chi connectivity index (χ2v) is 14.9. The van der Waals surface area contributed by atoms with Crippen LogP contribution in [-0.2, 0) is 23.2 Å². The van der Waals surface area contributed by atoms with Gasteiger partial charge in [-0.2, -0.15) is 0 Å². The average molecular weight is 498 g/mol. The molecule has 0 aliphatic heterocycles. The second-order valence-electron chi connectivity index (χ2n) is 10.7. The first-order chi connectivity index (χ1) is 15.4. The molecule has 0 aromatic heterocycles. The first-order valence-corrected chi connectivity index (χ1v) is 16.8. The van der Waals surface area contributed by atoms with Crippen LogP contribution in [0.3, 0.4) is 0 Å². The Kier molecular flexibility index (Phi) is 10.5. The van der Waals surface area contributed by atoms with Crippen molar-refractivity contribution in [2.24, 2.45) is 11.8 Å². The van der Waals surface area contributed by atoms with Gasteiger partial charge in [0.05, 0.1) is 0 Å². The van der Waals surface area contributed by atoms with Crippen molar-refractivity contribution in [1.82, 2.24) is 0 Å². The summed E-state index contributed by atoms with van der Waals surface area (Å²) in [6, 6.07) is 0. The van der Waals surface area contributed by atoms with Crippen LogP contribution in [0.2, 0.25) is 7.25 Å². The summed E-state index contributed by atoms with van der Waals surface area (Å²) in [6.45, 7) is 0. The number of rotatable bonds is 2. The van der Waals surface area contributed by atoms with E-state index in [0.29, 0.717) is 0 Å². The minimum atomic E-state index is -0.523. The van der Waals surface area contributed by atoms with Gasteiger partial charge in [-0.3, -0.25) is 0 Å². The molecule has 0 bridgehead atoms. The van der Waals surface area contributed by atoms with Crippen molar-refractivity contribution in [2.75, 3.05) is 0 Å². The Morgan fingerprint density at radius 1 is 0.452 bits per heavy atom. The van der Waals surface area contributed by atoms with Crippen LogP contribution < -0.4 is 0 Å². The summed E-state index contributed by atoms with van der Waals surface area (Å²) in [7, 11) is 0. The molecule has 4 rings (SSSR count). The normalized spacial score (nSPS) is 33.5. The molecule has 0 spiro atoms. The SMILES string of the molecule is C1=CC2CCCCCCCCC[CH]([Zr][CH]3CCCCCCCCCC4C=CC=C43)C2=C1. The predicted molar refractivity (Wildman–Crippen MR) is 132 cm³/mol. The average Bonchev–Trinajstić information content (AvgIpc) is 3.42. The van der Waals surface area contributed by atoms with Gasteiger partial charge in [0.1, 0.15) is 0 Å². The third kappa shape index (κ3) is 7.42. The molecule has 1 heteroatoms. The molecule has 0 radical (unpaired) electrons. The number of fused-ring (bicyclic) bond motifs is 2. The van der Waals surface area contributed by atoms with Crippen LogP contribution in [0.15, 0.2) is 47.6 Å². The van der Waals surface area contributed by atoms with Crippen LogP contribution in [0, 0.1) is 11.8 Å². The van der Waals surface area contributed by atoms with Crippen LogP contribution in [0.1, 0.15) is 116 Å². The van der Waals surface area contributed by atoms with E-state index in [1.807, 2.05) is 11.1 Å². The molecule has 0 aromatic rings. The Labute approximate surface area is 204 Å². The predicted octanol–water partition coefficient (Wildman–Crippen LogP) is 9.92. The van der Waals surface area contributed by atoms with Crippen LogP contribution in [0.25, 0.3) is 0 Å². The summed E-state index contributed by atoms with van der Waals surface area (Å²) in [5, 5.41) is 0. The third-order valence-corrected chi connectivity index (χ3v) is 13.4. The zero-order valence-corrected chi connectivity index (χ0v) is 22.5. The molecule has 4 aliphatic carbocycles. The van der Waals surface area contributed by atoms with Crippen molar-refractivity contribution in [2.45, 2.75) is 123 Å². The second kappa shape index (κ2) is 13.5. The molecule has 4 unspecified atom stereocenters. The molecule has 0 saturated heterocycles. The molecule has 4 atom stereocenters. The standard InChI is InChI=1S/2C15H23.Zr/c2*1-2-4-6-8-11-15-13-9-12-14(15)10-7-5-3-1;/h2*9-10,12-13,15H,1-8,11H2;. The van der Waals surface area contributed by atoms with E-state index in [0.717, 1.165) is 19.1 Å². The van der Waals surface area contributed by atoms with E-state index in [1.165, 1.54) is 116 Å². The van der Waals surface area contributed by atoms with Gasteiger partial charge >= 0.3 is 205 Å². The minimum absolute atomic E-state index is 0.523. The molecule has 2 saturated carbocycles. The van der Waals surface area contributed by atoms with Crippen molar-refractivity contribution in [3.8, 4) is 0 Å². The molecule has 0 amide bonds. The maximum atomic E-state index is 2.58. The van der Waals surface area contributed by atoms with Gasteiger partial charge in [0.15, 0.2) is 0 Å². The summed E-state index contributed by atoms with van der Waals surface area (Å²) in [5.74, 6) is 1.59. The zero-order valence-electron chi connectivity index (χ0n) is 20.0. The third-order valence-electron chi connectivity index (χ3n) is 8.34. The van der Waals surface area contributed by atoms with Crippen molar-refractivity contribution >= 4 is 0 Å². The van der Waals surface area contributed by atoms with Crippen LogP contribution in [-0.4, -0.2) is 0 Å². The van der Waals surface area contributed by atoms with Gasteiger partial charge in [-0.1, -0.05) is 0 Å². The van der Waals surface area contributed by atoms with Crippen molar-refractivity contribution in [3.05, 3.63) is 47.6 Å². The van der Waals surface area contributed by atoms with Gasteiger partial charge in [0, 0.05) is 0 Å². The fraction of sp³-hybridized carbons (Fsp3) is 0.733. The van der Waals surface area contributed by atoms with Crippen molar-refractivity contribution in [1.29, 1.82) is 0 Å². The monoisotopic (exact) mass is 496 g/mol. The Bertz CT molecular complexity index is 595. The van der Waals surface area contributed by atoms with E-state index in [1.54, 1.807) is 0 Å². The molecule has 0 aromatic carbocycles. The molecule has 2 fully saturated rings. The fourth-order valence-electron chi connectivity index (χ4n) is 6.47. The molecule has 0 nitrogen and oxygen atoms in total. The summed E-state index contributed by atoms with van der Waals surface area (Å²) >= 11 is -0.523. The summed E-state index contributed by atoms with van der Waals surface area (Å²) < 4.78 is 1.98. The van der Waals surface area contributed by atoms with Crippen molar-refractivity contribution in [3.63, 3.8) is 0 Å². The maximum absolute atomic E-state index is 2.58. The number of allylic oxidation sites excluding steroid dienone is 8. The summed E-state index contributed by atoms with van der Waals surface area (Å²) in [5.41, 5.74) is 3.78. The molecular formula is C30H46Zr. The Balaban J connectivity index is 1.47. The first-order valence-electron chi connectivity index (χ1n) is 13.9. The molecule has 31 heavy (non-hydrogen) atoms. The fourth-order valence-corrected chi connectivity index (χ4v) is 12.0. The summed E-state index contributed by atoms with van der Waals surface area (Å²) in [4.78, 5) is 0. The number of hydrogen-bond acceptors (Lipinski definition) is 0. The van der Waals surface area contributed by atoms with Crippen molar-refractivity contribution < 1.29 is 23.2 Å². The van der Waals surface area contributed by atoms with E-state index in [4.69, 9.17) is 0 Å². The zero-order chi connectivity index (χ0) is 21.1. The van der Waals surface area contributed by atoms with E-state index in [-0.39, 0.29) is 0 Å². The van der Waals surface area contributed by atoms with Gasteiger partial charge in [-0.05, 0) is 0 Å². The Morgan fingerprint density at radius 2 is 0.806 bits per heavy atom. The van der Waals surface area contributed by atoms with E-state index < -0.39 is 23.2 Å². The van der Waals surface area contributed by atoms with Crippen LogP contribution >= 0.6 is 0 Å². The molecule has 0 heterocycles. The molecule has 4 aliphatic rings. The Morgan fingerprint density at radius 3 is 1.23 bits per heavy atom. The first kappa shape index (κ1) is 24.0. The van der Waals surface area contributed by atoms with E-state index >= 15 is 0 Å². The van der Waals surface area contributed by atoms with Gasteiger partial charge in [0.2, 0.25) is 0 Å². The van der Waals surface area contributed by atoms with Gasteiger partial charge in [-0.25, -0.2) is 0 Å². The van der Waals surface area contributed by atoms with Gasteiger partial charge in [0.25, 0.3) is 0 Å². The Hall–Kier alpha value is -0.157. The van der Waals surface area contributed by atoms with Crippen LogP contribution in [0.5, 0.6) is 0 Å². The van der Waals surface area contributed by atoms with Gasteiger partial charge in [-0.15, -0.1) is 0 Å². The quantitative estimate of drug-likeness (QED) is 0.356. The van der Waals surface area contributed by atoms with E-state index in [2.05, 4.69) is 36.5 Å². The molecule has 0 N–H and O–H groups in total. The number of hydrogen-bond donors (Lipinski definition) is 0. The van der Waals surface area contributed by atoms with Gasteiger partial charge < -0.3 is 0 Å². The van der Waals surface area contributed by atoms with Crippen LogP contribution in [0.4, 0.5) is 0 Å². The topological polar surface area (TPSA) is 0 Å². The summed E-state index contributed by atoms with van der Waals surface area (Å²) in [6.07, 6.45) is 41.7. The molecular weight excluding hydrogens is 452 g/mol. The van der Waals surface area contributed by atoms with E-state index in [9.17, 15) is 0 Å².